The van der Waals surface area contributed by atoms with Crippen LogP contribution in [0.25, 0.3) is 0 Å². The van der Waals surface area contributed by atoms with Gasteiger partial charge in [0.05, 0.1) is 12.2 Å². The van der Waals surface area contributed by atoms with Crippen LogP contribution in [0.2, 0.25) is 0 Å². The molecule has 0 spiro atoms. The number of thiophene rings is 1. The Kier molecular flexibility index (Phi) is 4.74. The van der Waals surface area contributed by atoms with Crippen molar-refractivity contribution in [3.05, 3.63) is 21.9 Å². The van der Waals surface area contributed by atoms with Crippen LogP contribution in [0.15, 0.2) is 11.4 Å². The van der Waals surface area contributed by atoms with Crippen LogP contribution in [-0.2, 0) is 6.54 Å². The van der Waals surface area contributed by atoms with Crippen LogP contribution >= 0.6 is 11.3 Å². The molecular weight excluding hydrogens is 214 g/mol. The molecule has 0 aliphatic rings. The second-order valence-electron chi connectivity index (χ2n) is 3.28. The van der Waals surface area contributed by atoms with Crippen molar-refractivity contribution in [2.24, 2.45) is 0 Å². The van der Waals surface area contributed by atoms with Gasteiger partial charge in [0.1, 0.15) is 0 Å². The first-order valence-corrected chi connectivity index (χ1v) is 5.70. The van der Waals surface area contributed by atoms with Gasteiger partial charge < -0.3 is 15.5 Å². The highest BCUT2D eigenvalue weighted by Crippen LogP contribution is 2.14. The Morgan fingerprint density at radius 1 is 1.67 bits per heavy atom. The minimum atomic E-state index is -0.897. The standard InChI is InChI=1S/C10H15NO3S/c1-2-8(5-12)11-4-9-3-7(6-15-9)10(13)14/h3,6,8,11-12H,2,4-5H2,1H3,(H,13,14)/t8-/m1/s1. The van der Waals surface area contributed by atoms with E-state index in [2.05, 4.69) is 5.32 Å². The molecule has 84 valence electrons. The number of carbonyl (C=O) groups is 1. The SMILES string of the molecule is CC[C@H](CO)NCc1cc(C(=O)O)cs1. The van der Waals surface area contributed by atoms with Gasteiger partial charge in [0.25, 0.3) is 0 Å². The lowest BCUT2D eigenvalue weighted by atomic mass is 10.2. The second kappa shape index (κ2) is 5.85. The van der Waals surface area contributed by atoms with Crippen molar-refractivity contribution in [2.75, 3.05) is 6.61 Å². The summed E-state index contributed by atoms with van der Waals surface area (Å²) in [6.45, 7) is 2.70. The zero-order valence-corrected chi connectivity index (χ0v) is 9.38. The van der Waals surface area contributed by atoms with Crippen LogP contribution < -0.4 is 5.32 Å². The third-order valence-electron chi connectivity index (χ3n) is 2.18. The van der Waals surface area contributed by atoms with Gasteiger partial charge in [-0.15, -0.1) is 11.3 Å². The molecule has 15 heavy (non-hydrogen) atoms. The van der Waals surface area contributed by atoms with Crippen molar-refractivity contribution < 1.29 is 15.0 Å². The van der Waals surface area contributed by atoms with Gasteiger partial charge in [-0.25, -0.2) is 4.79 Å². The van der Waals surface area contributed by atoms with Gasteiger partial charge in [0.2, 0.25) is 0 Å². The minimum absolute atomic E-state index is 0.0837. The number of rotatable bonds is 6. The van der Waals surface area contributed by atoms with Gasteiger partial charge in [-0.2, -0.15) is 0 Å². The number of nitrogens with one attached hydrogen (secondary N) is 1. The molecule has 5 heteroatoms. The van der Waals surface area contributed by atoms with E-state index in [9.17, 15) is 4.79 Å². The number of carboxylic acids is 1. The largest absolute Gasteiger partial charge is 0.478 e. The number of aliphatic hydroxyl groups excluding tert-OH is 1. The lowest BCUT2D eigenvalue weighted by molar-refractivity contribution is 0.0697. The number of carboxylic acid groups (broad SMARTS) is 1. The average molecular weight is 229 g/mol. The van der Waals surface area contributed by atoms with Crippen molar-refractivity contribution >= 4 is 17.3 Å². The van der Waals surface area contributed by atoms with Crippen LogP contribution in [0.3, 0.4) is 0 Å². The molecule has 1 rings (SSSR count). The summed E-state index contributed by atoms with van der Waals surface area (Å²) >= 11 is 1.42. The van der Waals surface area contributed by atoms with E-state index in [1.54, 1.807) is 11.4 Å². The first-order valence-electron chi connectivity index (χ1n) is 4.82. The molecule has 0 saturated heterocycles. The van der Waals surface area contributed by atoms with Gasteiger partial charge in [-0.1, -0.05) is 6.92 Å². The first-order chi connectivity index (χ1) is 7.17. The van der Waals surface area contributed by atoms with Crippen LogP contribution in [0, 0.1) is 0 Å². The van der Waals surface area contributed by atoms with E-state index in [1.165, 1.54) is 11.3 Å². The van der Waals surface area contributed by atoms with Crippen molar-refractivity contribution in [3.63, 3.8) is 0 Å². The number of aromatic carboxylic acids is 1. The number of hydrogen-bond acceptors (Lipinski definition) is 4. The fourth-order valence-corrected chi connectivity index (χ4v) is 1.98. The normalized spacial score (nSPS) is 12.7. The smallest absolute Gasteiger partial charge is 0.336 e. The Bertz CT molecular complexity index is 320. The topological polar surface area (TPSA) is 69.6 Å². The highest BCUT2D eigenvalue weighted by atomic mass is 32.1. The fourth-order valence-electron chi connectivity index (χ4n) is 1.17. The molecular formula is C10H15NO3S. The first kappa shape index (κ1) is 12.2. The summed E-state index contributed by atoms with van der Waals surface area (Å²) in [6, 6.07) is 1.74. The Hall–Kier alpha value is -0.910. The van der Waals surface area contributed by atoms with Crippen LogP contribution in [0.4, 0.5) is 0 Å². The summed E-state index contributed by atoms with van der Waals surface area (Å²) < 4.78 is 0. The summed E-state index contributed by atoms with van der Waals surface area (Å²) in [7, 11) is 0. The molecule has 1 atom stereocenters. The highest BCUT2D eigenvalue weighted by molar-refractivity contribution is 7.10. The highest BCUT2D eigenvalue weighted by Gasteiger charge is 2.08. The van der Waals surface area contributed by atoms with E-state index >= 15 is 0 Å². The summed E-state index contributed by atoms with van der Waals surface area (Å²) in [6.07, 6.45) is 0.855. The Balaban J connectivity index is 2.47. The van der Waals surface area contributed by atoms with Gasteiger partial charge in [0, 0.05) is 22.8 Å². The van der Waals surface area contributed by atoms with E-state index in [1.807, 2.05) is 6.92 Å². The molecule has 4 nitrogen and oxygen atoms in total. The molecule has 0 radical (unpaired) electrons. The molecule has 0 aromatic carbocycles. The molecule has 0 unspecified atom stereocenters. The Morgan fingerprint density at radius 3 is 2.87 bits per heavy atom. The van der Waals surface area contributed by atoms with Gasteiger partial charge in [0.15, 0.2) is 0 Å². The molecule has 0 amide bonds. The second-order valence-corrected chi connectivity index (χ2v) is 4.27. The van der Waals surface area contributed by atoms with Crippen LogP contribution in [0.5, 0.6) is 0 Å². The molecule has 0 aliphatic carbocycles. The third kappa shape index (κ3) is 3.62. The Labute approximate surface area is 92.6 Å². The molecule has 0 saturated carbocycles. The van der Waals surface area contributed by atoms with Gasteiger partial charge in [-0.05, 0) is 12.5 Å². The van der Waals surface area contributed by atoms with Crippen molar-refractivity contribution in [2.45, 2.75) is 25.9 Å². The predicted molar refractivity (Wildman–Crippen MR) is 59.3 cm³/mol. The molecule has 1 aromatic heterocycles. The zero-order chi connectivity index (χ0) is 11.3. The summed E-state index contributed by atoms with van der Waals surface area (Å²) in [5, 5.41) is 22.4. The van der Waals surface area contributed by atoms with E-state index in [0.29, 0.717) is 12.1 Å². The zero-order valence-electron chi connectivity index (χ0n) is 8.56. The maximum atomic E-state index is 10.6. The summed E-state index contributed by atoms with van der Waals surface area (Å²) in [5.74, 6) is -0.897. The van der Waals surface area contributed by atoms with E-state index in [4.69, 9.17) is 10.2 Å². The third-order valence-corrected chi connectivity index (χ3v) is 3.12. The van der Waals surface area contributed by atoms with E-state index in [0.717, 1.165) is 11.3 Å². The number of aliphatic hydroxyl groups is 1. The molecule has 0 aliphatic heterocycles. The summed E-state index contributed by atoms with van der Waals surface area (Å²) in [5.41, 5.74) is 0.328. The maximum absolute atomic E-state index is 10.6. The van der Waals surface area contributed by atoms with E-state index < -0.39 is 5.97 Å². The summed E-state index contributed by atoms with van der Waals surface area (Å²) in [4.78, 5) is 11.6. The lowest BCUT2D eigenvalue weighted by Gasteiger charge is -2.12. The molecule has 1 aromatic rings. The van der Waals surface area contributed by atoms with E-state index in [-0.39, 0.29) is 12.6 Å². The molecule has 3 N–H and O–H groups in total. The molecule has 0 fully saturated rings. The maximum Gasteiger partial charge on any atom is 0.336 e. The quantitative estimate of drug-likeness (QED) is 0.688. The Morgan fingerprint density at radius 2 is 2.40 bits per heavy atom. The molecule has 0 bridgehead atoms. The van der Waals surface area contributed by atoms with Crippen molar-refractivity contribution in [1.82, 2.24) is 5.32 Å². The van der Waals surface area contributed by atoms with Crippen LogP contribution in [-0.4, -0.2) is 28.8 Å². The van der Waals surface area contributed by atoms with Gasteiger partial charge >= 0.3 is 5.97 Å². The monoisotopic (exact) mass is 229 g/mol. The average Bonchev–Trinajstić information content (AvgIpc) is 2.68. The molecule has 1 heterocycles. The van der Waals surface area contributed by atoms with Crippen molar-refractivity contribution in [1.29, 1.82) is 0 Å². The minimum Gasteiger partial charge on any atom is -0.478 e. The lowest BCUT2D eigenvalue weighted by Crippen LogP contribution is -2.30. The van der Waals surface area contributed by atoms with Gasteiger partial charge in [-0.3, -0.25) is 0 Å². The number of hydrogen-bond donors (Lipinski definition) is 3. The van der Waals surface area contributed by atoms with Crippen molar-refractivity contribution in [3.8, 4) is 0 Å². The van der Waals surface area contributed by atoms with Crippen LogP contribution in [0.1, 0.15) is 28.6 Å². The fraction of sp³-hybridized carbons (Fsp3) is 0.500. The predicted octanol–water partition coefficient (Wildman–Crippen LogP) is 1.31.